The van der Waals surface area contributed by atoms with Crippen molar-refractivity contribution in [3.05, 3.63) is 12.2 Å². The normalized spacial score (nSPS) is 10.8. The molecular weight excluding hydrogens is 228 g/mol. The van der Waals surface area contributed by atoms with E-state index in [1.54, 1.807) is 0 Å². The van der Waals surface area contributed by atoms with Gasteiger partial charge in [-0.1, -0.05) is 38.8 Å². The van der Waals surface area contributed by atoms with Crippen molar-refractivity contribution in [1.29, 1.82) is 0 Å². The fourth-order valence-electron chi connectivity index (χ4n) is 1.54. The van der Waals surface area contributed by atoms with Gasteiger partial charge in [-0.15, -0.1) is 0 Å². The van der Waals surface area contributed by atoms with Crippen LogP contribution in [0.5, 0.6) is 0 Å². The molecule has 0 spiro atoms. The zero-order chi connectivity index (χ0) is 13.6. The second-order valence-electron chi connectivity index (χ2n) is 4.38. The van der Waals surface area contributed by atoms with Crippen LogP contribution in [-0.4, -0.2) is 18.4 Å². The third kappa shape index (κ3) is 11.4. The van der Waals surface area contributed by atoms with E-state index in [9.17, 15) is 9.59 Å². The molecule has 0 radical (unpaired) electrons. The summed E-state index contributed by atoms with van der Waals surface area (Å²) in [6.07, 6.45) is 10.1. The van der Waals surface area contributed by atoms with E-state index in [4.69, 9.17) is 4.74 Å². The third-order valence-electron chi connectivity index (χ3n) is 2.62. The molecule has 0 fully saturated rings. The average molecular weight is 254 g/mol. The number of Topliss-reactive ketones (excluding diaryl/α,β-unsaturated/α-hetero) is 1. The minimum atomic E-state index is -0.260. The minimum absolute atomic E-state index is 0.172. The lowest BCUT2D eigenvalue weighted by atomic mass is 10.1. The number of allylic oxidation sites excluding steroid dienone is 1. The van der Waals surface area contributed by atoms with E-state index in [0.29, 0.717) is 19.4 Å². The average Bonchev–Trinajstić information content (AvgIpc) is 2.36. The second-order valence-corrected chi connectivity index (χ2v) is 4.38. The topological polar surface area (TPSA) is 43.4 Å². The van der Waals surface area contributed by atoms with Crippen LogP contribution in [0.15, 0.2) is 12.2 Å². The molecule has 0 heterocycles. The first kappa shape index (κ1) is 16.9. The van der Waals surface area contributed by atoms with Crippen LogP contribution in [0.3, 0.4) is 0 Å². The standard InChI is InChI=1S/C15H26O3/c1-3-5-7-9-13-18-15(17)12-11-14(16)10-8-6-4-2/h5,7H,3-4,6,8-13H2,1-2H3. The Balaban J connectivity index is 3.46. The van der Waals surface area contributed by atoms with Gasteiger partial charge in [0.05, 0.1) is 13.0 Å². The van der Waals surface area contributed by atoms with E-state index in [-0.39, 0.29) is 18.2 Å². The quantitative estimate of drug-likeness (QED) is 0.320. The van der Waals surface area contributed by atoms with E-state index in [2.05, 4.69) is 13.8 Å². The fraction of sp³-hybridized carbons (Fsp3) is 0.733. The molecule has 0 aliphatic heterocycles. The third-order valence-corrected chi connectivity index (χ3v) is 2.62. The van der Waals surface area contributed by atoms with Crippen LogP contribution in [0.4, 0.5) is 0 Å². The van der Waals surface area contributed by atoms with Crippen molar-refractivity contribution in [3.63, 3.8) is 0 Å². The van der Waals surface area contributed by atoms with Gasteiger partial charge in [0, 0.05) is 12.8 Å². The maximum Gasteiger partial charge on any atom is 0.306 e. The Kier molecular flexibility index (Phi) is 11.6. The van der Waals surface area contributed by atoms with Gasteiger partial charge in [0.15, 0.2) is 0 Å². The smallest absolute Gasteiger partial charge is 0.306 e. The lowest BCUT2D eigenvalue weighted by Gasteiger charge is -2.03. The number of ether oxygens (including phenoxy) is 1. The zero-order valence-corrected chi connectivity index (χ0v) is 11.7. The van der Waals surface area contributed by atoms with E-state index in [0.717, 1.165) is 32.1 Å². The highest BCUT2D eigenvalue weighted by atomic mass is 16.5. The first-order chi connectivity index (χ1) is 8.70. The summed E-state index contributed by atoms with van der Waals surface area (Å²) < 4.78 is 5.02. The molecule has 0 N–H and O–H groups in total. The molecule has 0 saturated heterocycles. The molecule has 0 rings (SSSR count). The molecule has 0 saturated carbocycles. The molecule has 0 aromatic rings. The highest BCUT2D eigenvalue weighted by Crippen LogP contribution is 2.04. The van der Waals surface area contributed by atoms with Crippen LogP contribution in [-0.2, 0) is 14.3 Å². The fourth-order valence-corrected chi connectivity index (χ4v) is 1.54. The van der Waals surface area contributed by atoms with Gasteiger partial charge in [0.2, 0.25) is 0 Å². The van der Waals surface area contributed by atoms with Crippen LogP contribution in [0.1, 0.15) is 65.2 Å². The lowest BCUT2D eigenvalue weighted by Crippen LogP contribution is -2.08. The minimum Gasteiger partial charge on any atom is -0.465 e. The van der Waals surface area contributed by atoms with Crippen LogP contribution >= 0.6 is 0 Å². The number of carbonyl (C=O) groups excluding carboxylic acids is 2. The molecule has 0 aliphatic rings. The number of carbonyl (C=O) groups is 2. The van der Waals surface area contributed by atoms with Gasteiger partial charge < -0.3 is 4.74 Å². The molecule has 0 unspecified atom stereocenters. The number of unbranched alkanes of at least 4 members (excludes halogenated alkanes) is 2. The Morgan fingerprint density at radius 1 is 1.00 bits per heavy atom. The van der Waals surface area contributed by atoms with Crippen LogP contribution in [0.2, 0.25) is 0 Å². The molecule has 0 aliphatic carbocycles. The molecule has 18 heavy (non-hydrogen) atoms. The summed E-state index contributed by atoms with van der Waals surface area (Å²) in [6.45, 7) is 4.58. The van der Waals surface area contributed by atoms with Crippen molar-refractivity contribution in [2.24, 2.45) is 0 Å². The monoisotopic (exact) mass is 254 g/mol. The van der Waals surface area contributed by atoms with E-state index in [1.807, 2.05) is 12.2 Å². The lowest BCUT2D eigenvalue weighted by molar-refractivity contribution is -0.144. The molecule has 0 aromatic carbocycles. The number of hydrogen-bond acceptors (Lipinski definition) is 3. The van der Waals surface area contributed by atoms with Crippen molar-refractivity contribution in [3.8, 4) is 0 Å². The molecule has 3 heteroatoms. The first-order valence-corrected chi connectivity index (χ1v) is 7.03. The van der Waals surface area contributed by atoms with E-state index < -0.39 is 0 Å². The second kappa shape index (κ2) is 12.3. The Morgan fingerprint density at radius 3 is 2.44 bits per heavy atom. The van der Waals surface area contributed by atoms with Crippen molar-refractivity contribution < 1.29 is 14.3 Å². The summed E-state index contributed by atoms with van der Waals surface area (Å²) >= 11 is 0. The zero-order valence-electron chi connectivity index (χ0n) is 11.7. The van der Waals surface area contributed by atoms with Gasteiger partial charge in [0.1, 0.15) is 5.78 Å². The first-order valence-electron chi connectivity index (χ1n) is 7.03. The van der Waals surface area contributed by atoms with Crippen LogP contribution < -0.4 is 0 Å². The highest BCUT2D eigenvalue weighted by Gasteiger charge is 2.07. The molecular formula is C15H26O3. The summed E-state index contributed by atoms with van der Waals surface area (Å²) in [6, 6.07) is 0. The molecule has 104 valence electrons. The van der Waals surface area contributed by atoms with Gasteiger partial charge in [0.25, 0.3) is 0 Å². The Bertz CT molecular complexity index is 256. The molecule has 3 nitrogen and oxygen atoms in total. The molecule has 0 bridgehead atoms. The maximum atomic E-state index is 11.4. The predicted octanol–water partition coefficient (Wildman–Crippen LogP) is 3.82. The molecule has 0 amide bonds. The van der Waals surface area contributed by atoms with Crippen molar-refractivity contribution in [2.75, 3.05) is 6.61 Å². The SMILES string of the molecule is CCC=CCCOC(=O)CCC(=O)CCCCC. The van der Waals surface area contributed by atoms with Crippen molar-refractivity contribution in [2.45, 2.75) is 65.2 Å². The Hall–Kier alpha value is -1.12. The van der Waals surface area contributed by atoms with Crippen molar-refractivity contribution in [1.82, 2.24) is 0 Å². The molecule has 0 aromatic heterocycles. The predicted molar refractivity (Wildman–Crippen MR) is 73.4 cm³/mol. The number of ketones is 1. The number of hydrogen-bond donors (Lipinski definition) is 0. The summed E-state index contributed by atoms with van der Waals surface area (Å²) in [5.74, 6) is -0.0879. The van der Waals surface area contributed by atoms with E-state index in [1.165, 1.54) is 0 Å². The van der Waals surface area contributed by atoms with Crippen LogP contribution in [0.25, 0.3) is 0 Å². The highest BCUT2D eigenvalue weighted by molar-refractivity contribution is 5.82. The molecule has 0 atom stereocenters. The van der Waals surface area contributed by atoms with E-state index >= 15 is 0 Å². The number of rotatable bonds is 11. The van der Waals surface area contributed by atoms with Gasteiger partial charge in [-0.25, -0.2) is 0 Å². The summed E-state index contributed by atoms with van der Waals surface area (Å²) in [5.41, 5.74) is 0. The summed E-state index contributed by atoms with van der Waals surface area (Å²) in [5, 5.41) is 0. The number of esters is 1. The Labute approximate surface area is 111 Å². The Morgan fingerprint density at radius 2 is 1.78 bits per heavy atom. The maximum absolute atomic E-state index is 11.4. The summed E-state index contributed by atoms with van der Waals surface area (Å²) in [7, 11) is 0. The van der Waals surface area contributed by atoms with Crippen LogP contribution in [0, 0.1) is 0 Å². The van der Waals surface area contributed by atoms with Gasteiger partial charge in [-0.3, -0.25) is 9.59 Å². The van der Waals surface area contributed by atoms with Gasteiger partial charge in [-0.05, 0) is 19.3 Å². The summed E-state index contributed by atoms with van der Waals surface area (Å²) in [4.78, 5) is 22.7. The van der Waals surface area contributed by atoms with Gasteiger partial charge >= 0.3 is 5.97 Å². The van der Waals surface area contributed by atoms with Gasteiger partial charge in [-0.2, -0.15) is 0 Å². The largest absolute Gasteiger partial charge is 0.465 e. The van der Waals surface area contributed by atoms with Crippen molar-refractivity contribution >= 4 is 11.8 Å².